The standard InChI is InChI=1S/C11H11ClF/c12-10(7-8-5-6-8)9-3-1-2-4-11(9)13/h1-4,7-8,10H,5-6H2. The Kier molecular flexibility index (Phi) is 2.54. The molecule has 0 nitrogen and oxygen atoms in total. The third kappa shape index (κ3) is 2.22. The summed E-state index contributed by atoms with van der Waals surface area (Å²) in [6.45, 7) is 0. The van der Waals surface area contributed by atoms with Crippen LogP contribution in [-0.4, -0.2) is 0 Å². The zero-order valence-corrected chi connectivity index (χ0v) is 7.97. The molecule has 1 aliphatic carbocycles. The number of hydrogen-bond acceptors (Lipinski definition) is 0. The molecule has 1 saturated carbocycles. The molecule has 1 aromatic carbocycles. The first-order valence-corrected chi connectivity index (χ1v) is 4.94. The Morgan fingerprint density at radius 1 is 1.38 bits per heavy atom. The topological polar surface area (TPSA) is 0 Å². The molecule has 0 N–H and O–H groups in total. The molecule has 1 aromatic rings. The Morgan fingerprint density at radius 3 is 2.69 bits per heavy atom. The average molecular weight is 198 g/mol. The van der Waals surface area contributed by atoms with Gasteiger partial charge >= 0.3 is 0 Å². The predicted molar refractivity (Wildman–Crippen MR) is 52.0 cm³/mol. The zero-order valence-electron chi connectivity index (χ0n) is 7.21. The maximum Gasteiger partial charge on any atom is 0.127 e. The van der Waals surface area contributed by atoms with Crippen LogP contribution < -0.4 is 0 Å². The molecule has 1 unspecified atom stereocenters. The Morgan fingerprint density at radius 2 is 2.08 bits per heavy atom. The third-order valence-corrected chi connectivity index (χ3v) is 2.65. The van der Waals surface area contributed by atoms with E-state index in [0.717, 1.165) is 0 Å². The van der Waals surface area contributed by atoms with Crippen LogP contribution in [0.4, 0.5) is 4.39 Å². The second-order valence-electron chi connectivity index (χ2n) is 3.45. The van der Waals surface area contributed by atoms with Crippen molar-refractivity contribution >= 4 is 11.6 Å². The van der Waals surface area contributed by atoms with Crippen LogP contribution in [0.5, 0.6) is 0 Å². The molecule has 2 heteroatoms. The first-order valence-electron chi connectivity index (χ1n) is 4.51. The summed E-state index contributed by atoms with van der Waals surface area (Å²) < 4.78 is 13.2. The molecule has 1 aliphatic rings. The molecule has 0 saturated heterocycles. The third-order valence-electron chi connectivity index (χ3n) is 2.27. The van der Waals surface area contributed by atoms with Gasteiger partial charge in [0.25, 0.3) is 0 Å². The van der Waals surface area contributed by atoms with Crippen LogP contribution in [0, 0.1) is 18.2 Å². The minimum Gasteiger partial charge on any atom is -0.207 e. The lowest BCUT2D eigenvalue weighted by Gasteiger charge is -2.08. The van der Waals surface area contributed by atoms with E-state index in [2.05, 4.69) is 0 Å². The molecule has 0 spiro atoms. The van der Waals surface area contributed by atoms with Crippen molar-refractivity contribution in [3.05, 3.63) is 42.1 Å². The summed E-state index contributed by atoms with van der Waals surface area (Å²) in [5, 5.41) is -0.270. The number of hydrogen-bond donors (Lipinski definition) is 0. The second-order valence-corrected chi connectivity index (χ2v) is 3.92. The molecule has 0 aliphatic heterocycles. The number of benzene rings is 1. The lowest BCUT2D eigenvalue weighted by molar-refractivity contribution is 0.609. The van der Waals surface area contributed by atoms with Crippen LogP contribution in [0.25, 0.3) is 0 Å². The summed E-state index contributed by atoms with van der Waals surface area (Å²) in [5.74, 6) is 0.404. The normalized spacial score (nSPS) is 18.6. The van der Waals surface area contributed by atoms with Crippen LogP contribution in [0.2, 0.25) is 0 Å². The summed E-state index contributed by atoms with van der Waals surface area (Å²) in [7, 11) is 0. The average Bonchev–Trinajstić information content (AvgIpc) is 2.89. The lowest BCUT2D eigenvalue weighted by atomic mass is 10.1. The smallest absolute Gasteiger partial charge is 0.127 e. The fourth-order valence-electron chi connectivity index (χ4n) is 1.33. The molecule has 69 valence electrons. The van der Waals surface area contributed by atoms with Gasteiger partial charge in [0.15, 0.2) is 0 Å². The van der Waals surface area contributed by atoms with E-state index in [9.17, 15) is 4.39 Å². The minimum atomic E-state index is -0.270. The summed E-state index contributed by atoms with van der Waals surface area (Å²) in [6, 6.07) is 6.69. The van der Waals surface area contributed by atoms with Gasteiger partial charge in [-0.15, -0.1) is 11.6 Å². The summed E-state index contributed by atoms with van der Waals surface area (Å²) in [4.78, 5) is 0. The van der Waals surface area contributed by atoms with Crippen molar-refractivity contribution in [3.63, 3.8) is 0 Å². The monoisotopic (exact) mass is 197 g/mol. The van der Waals surface area contributed by atoms with Crippen LogP contribution in [0.3, 0.4) is 0 Å². The van der Waals surface area contributed by atoms with Crippen molar-refractivity contribution in [1.82, 2.24) is 0 Å². The van der Waals surface area contributed by atoms with Gasteiger partial charge in [0.05, 0.1) is 5.38 Å². The van der Waals surface area contributed by atoms with Crippen molar-refractivity contribution in [3.8, 4) is 0 Å². The van der Waals surface area contributed by atoms with Crippen molar-refractivity contribution < 1.29 is 4.39 Å². The van der Waals surface area contributed by atoms with Crippen molar-refractivity contribution in [2.24, 2.45) is 5.92 Å². The van der Waals surface area contributed by atoms with E-state index in [0.29, 0.717) is 11.5 Å². The maximum atomic E-state index is 13.2. The van der Waals surface area contributed by atoms with Crippen LogP contribution >= 0.6 is 11.6 Å². The van der Waals surface area contributed by atoms with Gasteiger partial charge < -0.3 is 0 Å². The Bertz CT molecular complexity index is 294. The fraction of sp³-hybridized carbons (Fsp3) is 0.364. The van der Waals surface area contributed by atoms with Crippen molar-refractivity contribution in [2.75, 3.05) is 0 Å². The van der Waals surface area contributed by atoms with E-state index < -0.39 is 0 Å². The van der Waals surface area contributed by atoms with Gasteiger partial charge in [-0.25, -0.2) is 4.39 Å². The van der Waals surface area contributed by atoms with Crippen LogP contribution in [0.1, 0.15) is 23.8 Å². The van der Waals surface area contributed by atoms with E-state index in [1.807, 2.05) is 12.5 Å². The molecule has 1 fully saturated rings. The summed E-state index contributed by atoms with van der Waals surface area (Å²) >= 11 is 6.05. The highest BCUT2D eigenvalue weighted by Gasteiger charge is 2.26. The highest BCUT2D eigenvalue weighted by molar-refractivity contribution is 6.21. The van der Waals surface area contributed by atoms with Gasteiger partial charge in [-0.2, -0.15) is 0 Å². The molecule has 0 heterocycles. The summed E-state index contributed by atoms with van der Waals surface area (Å²) in [6.07, 6.45) is 4.44. The largest absolute Gasteiger partial charge is 0.207 e. The molecule has 0 amide bonds. The summed E-state index contributed by atoms with van der Waals surface area (Å²) in [5.41, 5.74) is 0.594. The Hall–Kier alpha value is -0.560. The molecule has 1 radical (unpaired) electrons. The maximum absolute atomic E-state index is 13.2. The van der Waals surface area contributed by atoms with E-state index in [1.165, 1.54) is 18.9 Å². The second kappa shape index (κ2) is 3.67. The minimum absolute atomic E-state index is 0.209. The quantitative estimate of drug-likeness (QED) is 0.648. The Balaban J connectivity index is 2.09. The molecule has 13 heavy (non-hydrogen) atoms. The van der Waals surface area contributed by atoms with Gasteiger partial charge in [-0.1, -0.05) is 18.2 Å². The van der Waals surface area contributed by atoms with E-state index in [1.54, 1.807) is 12.1 Å². The van der Waals surface area contributed by atoms with E-state index in [-0.39, 0.29) is 11.2 Å². The zero-order chi connectivity index (χ0) is 9.26. The highest BCUT2D eigenvalue weighted by Crippen LogP contribution is 2.39. The number of halogens is 2. The van der Waals surface area contributed by atoms with Gasteiger partial charge in [0, 0.05) is 5.56 Å². The van der Waals surface area contributed by atoms with Gasteiger partial charge in [-0.3, -0.25) is 0 Å². The Labute approximate surface area is 82.7 Å². The van der Waals surface area contributed by atoms with Crippen molar-refractivity contribution in [1.29, 1.82) is 0 Å². The van der Waals surface area contributed by atoms with Gasteiger partial charge in [0.1, 0.15) is 5.82 Å². The number of alkyl halides is 1. The number of rotatable bonds is 3. The van der Waals surface area contributed by atoms with E-state index >= 15 is 0 Å². The molecule has 0 aromatic heterocycles. The molecule has 2 rings (SSSR count). The van der Waals surface area contributed by atoms with Crippen LogP contribution in [0.15, 0.2) is 24.3 Å². The first-order chi connectivity index (χ1) is 6.27. The SMILES string of the molecule is Fc1ccccc1C(Cl)[CH]C1CC1. The fourth-order valence-corrected chi connectivity index (χ4v) is 1.71. The lowest BCUT2D eigenvalue weighted by Crippen LogP contribution is -1.96. The van der Waals surface area contributed by atoms with Gasteiger partial charge in [0.2, 0.25) is 0 Å². The van der Waals surface area contributed by atoms with E-state index in [4.69, 9.17) is 11.6 Å². The molecular formula is C11H11ClF. The highest BCUT2D eigenvalue weighted by atomic mass is 35.5. The molecule has 0 bridgehead atoms. The predicted octanol–water partition coefficient (Wildman–Crippen LogP) is 3.72. The first kappa shape index (κ1) is 9.01. The molecular weight excluding hydrogens is 187 g/mol. The van der Waals surface area contributed by atoms with Crippen molar-refractivity contribution in [2.45, 2.75) is 18.2 Å². The molecule has 1 atom stereocenters. The van der Waals surface area contributed by atoms with Crippen LogP contribution in [-0.2, 0) is 0 Å². The van der Waals surface area contributed by atoms with Gasteiger partial charge in [-0.05, 0) is 31.2 Å².